The molecule has 10 rings (SSSR count). The van der Waals surface area contributed by atoms with Crippen LogP contribution in [0.15, 0.2) is 16.7 Å². The fraction of sp³-hybridized carbons (Fsp3) is 0.837. The summed E-state index contributed by atoms with van der Waals surface area (Å²) in [4.78, 5) is 43.6. The van der Waals surface area contributed by atoms with E-state index in [-0.39, 0.29) is 30.2 Å². The number of rotatable bonds is 9. The number of carbonyl (C=O) groups excluding carboxylic acids is 3. The molecule has 0 bridgehead atoms. The van der Waals surface area contributed by atoms with E-state index in [4.69, 9.17) is 23.4 Å². The smallest absolute Gasteiger partial charge is 0.339 e. The van der Waals surface area contributed by atoms with Crippen molar-refractivity contribution in [2.75, 3.05) is 19.8 Å². The average Bonchev–Trinajstić information content (AvgIpc) is 3.83. The minimum Gasteiger partial charge on any atom is -0.469 e. The summed E-state index contributed by atoms with van der Waals surface area (Å²) in [5.74, 6) is -0.961. The van der Waals surface area contributed by atoms with Crippen LogP contribution in [0.5, 0.6) is 0 Å². The van der Waals surface area contributed by atoms with E-state index in [0.717, 1.165) is 88.7 Å². The summed E-state index contributed by atoms with van der Waals surface area (Å²) < 4.78 is 33.0. The van der Waals surface area contributed by atoms with E-state index in [1.165, 1.54) is 12.8 Å². The Bertz CT molecular complexity index is 1690. The Kier molecular flexibility index (Phi) is 8.24. The highest BCUT2D eigenvalue weighted by atomic mass is 16.7. The molecule has 6 heterocycles. The molecule has 0 radical (unpaired) electrons. The molecule has 3 spiro atoms. The van der Waals surface area contributed by atoms with Crippen molar-refractivity contribution in [2.45, 2.75) is 165 Å². The number of ether oxygens (including phenoxy) is 4. The Hall–Kier alpha value is -2.31. The van der Waals surface area contributed by atoms with E-state index in [2.05, 4.69) is 17.6 Å². The molecule has 1 aromatic heterocycles. The van der Waals surface area contributed by atoms with Gasteiger partial charge in [-0.15, -0.1) is 0 Å². The minimum atomic E-state index is -1.35. The van der Waals surface area contributed by atoms with Gasteiger partial charge in [-0.2, -0.15) is 0 Å². The number of hydrogen-bond donors (Lipinski definition) is 3. The Morgan fingerprint density at radius 2 is 1.69 bits per heavy atom. The van der Waals surface area contributed by atoms with Gasteiger partial charge in [0.1, 0.15) is 30.2 Å². The summed E-state index contributed by atoms with van der Waals surface area (Å²) in [5.41, 5.74) is -4.63. The van der Waals surface area contributed by atoms with Crippen molar-refractivity contribution in [2.24, 2.45) is 39.4 Å². The fourth-order valence-electron chi connectivity index (χ4n) is 15.1. The summed E-state index contributed by atoms with van der Waals surface area (Å²) in [5, 5.41) is 19.9. The topological polar surface area (TPSA) is 149 Å². The Labute approximate surface area is 318 Å². The van der Waals surface area contributed by atoms with E-state index in [1.54, 1.807) is 6.26 Å². The van der Waals surface area contributed by atoms with Gasteiger partial charge in [0.2, 0.25) is 0 Å². The third-order valence-corrected chi connectivity index (χ3v) is 17.0. The molecule has 9 fully saturated rings. The van der Waals surface area contributed by atoms with E-state index < -0.39 is 69.2 Å². The second-order valence-corrected chi connectivity index (χ2v) is 19.6. The molecule has 5 saturated heterocycles. The molecule has 5 aliphatic heterocycles. The van der Waals surface area contributed by atoms with E-state index in [9.17, 15) is 14.7 Å². The highest BCUT2D eigenvalue weighted by Gasteiger charge is 2.93. The van der Waals surface area contributed by atoms with Gasteiger partial charge in [-0.1, -0.05) is 51.9 Å². The number of ketones is 1. The summed E-state index contributed by atoms with van der Waals surface area (Å²) in [6, 6.07) is 2.53. The lowest BCUT2D eigenvalue weighted by Crippen LogP contribution is -2.79. The van der Waals surface area contributed by atoms with Crippen LogP contribution in [0, 0.1) is 39.4 Å². The number of cyclic esters (lactones) is 2. The monoisotopic (exact) mass is 748 g/mol. The Morgan fingerprint density at radius 3 is 2.44 bits per heavy atom. The second-order valence-electron chi connectivity index (χ2n) is 19.6. The zero-order chi connectivity index (χ0) is 37.3. The maximum Gasteiger partial charge on any atom is 0.339 e. The molecule has 0 amide bonds. The second kappa shape index (κ2) is 12.3. The maximum absolute atomic E-state index is 15.4. The lowest BCUT2D eigenvalue weighted by atomic mass is 9.32. The van der Waals surface area contributed by atoms with Crippen LogP contribution in [0.3, 0.4) is 0 Å². The molecule has 11 atom stereocenters. The molecular weight excluding hydrogens is 688 g/mol. The van der Waals surface area contributed by atoms with Gasteiger partial charge in [-0.25, -0.2) is 4.79 Å². The highest BCUT2D eigenvalue weighted by molar-refractivity contribution is 5.92. The third-order valence-electron chi connectivity index (χ3n) is 17.0. The van der Waals surface area contributed by atoms with E-state index in [1.807, 2.05) is 19.9 Å². The number of fused-ring (bicyclic) bond motifs is 2. The standard InChI is InChI=1S/C43H60N2O9/c1-38(2)31-30(46)32(47)42(25-12-8-9-13-25)29(41(31)23-51-37(49)40(36(41)54-38)18-10-11-19-40)16-20-39(3)33(52-35(48)34-43(39,42)53-34)27-17-21-50-28(27)15-7-5-4-6-14-26-22-44-24-45-26/h17,21,25-26,29,31-34,36,44-45,47H,4-16,18-20,22-24H2,1-3H3/t26-,29+,31+,32+,33-,34+,36-,39-,41+,42-,43+/m0/s1. The first-order valence-corrected chi connectivity index (χ1v) is 21.4. The number of furan rings is 1. The molecular formula is C43H60N2O9. The van der Waals surface area contributed by atoms with Crippen molar-refractivity contribution >= 4 is 17.7 Å². The first-order valence-electron chi connectivity index (χ1n) is 21.4. The van der Waals surface area contributed by atoms with E-state index in [0.29, 0.717) is 31.7 Å². The molecule has 3 N–H and O–H groups in total. The summed E-state index contributed by atoms with van der Waals surface area (Å²) in [6.45, 7) is 8.15. The SMILES string of the molecule is CC1(C)O[C@H]2C3(CCCC3)C(=O)OC[C@@]23[C@@H]1C(=O)[C@@H](O)[C@]1(C2CCCC2)[C@@H]3CC[C@@]2(C)[C@H](c3ccoc3CCCCCC[C@H]3CNCN3)OC(=O)[C@H]3O[C@@]312. The molecule has 296 valence electrons. The molecule has 54 heavy (non-hydrogen) atoms. The number of carbonyl (C=O) groups is 3. The summed E-state index contributed by atoms with van der Waals surface area (Å²) >= 11 is 0. The first-order chi connectivity index (χ1) is 26.0. The van der Waals surface area contributed by atoms with Crippen LogP contribution in [0.4, 0.5) is 0 Å². The van der Waals surface area contributed by atoms with Gasteiger partial charge in [-0.3, -0.25) is 9.59 Å². The molecule has 11 heteroatoms. The van der Waals surface area contributed by atoms with Crippen molar-refractivity contribution in [1.29, 1.82) is 0 Å². The number of epoxide rings is 1. The van der Waals surface area contributed by atoms with Crippen molar-refractivity contribution in [3.8, 4) is 0 Å². The van der Waals surface area contributed by atoms with Crippen LogP contribution >= 0.6 is 0 Å². The van der Waals surface area contributed by atoms with Crippen molar-refractivity contribution < 1.29 is 42.9 Å². The number of unbranched alkanes of at least 4 members (excludes halogenated alkanes) is 3. The van der Waals surface area contributed by atoms with Crippen LogP contribution in [0.2, 0.25) is 0 Å². The molecule has 0 aromatic carbocycles. The van der Waals surface area contributed by atoms with Gasteiger partial charge >= 0.3 is 11.9 Å². The van der Waals surface area contributed by atoms with Crippen LogP contribution < -0.4 is 10.6 Å². The summed E-state index contributed by atoms with van der Waals surface area (Å²) in [7, 11) is 0. The number of hydrogen-bond acceptors (Lipinski definition) is 11. The highest BCUT2D eigenvalue weighted by Crippen LogP contribution is 2.83. The van der Waals surface area contributed by atoms with Crippen LogP contribution in [-0.2, 0) is 39.8 Å². The lowest BCUT2D eigenvalue weighted by molar-refractivity contribution is -0.282. The van der Waals surface area contributed by atoms with Crippen molar-refractivity contribution in [1.82, 2.24) is 10.6 Å². The van der Waals surface area contributed by atoms with Gasteiger partial charge in [0, 0.05) is 47.5 Å². The zero-order valence-corrected chi connectivity index (χ0v) is 32.4. The summed E-state index contributed by atoms with van der Waals surface area (Å²) in [6.07, 6.45) is 12.9. The number of aliphatic hydroxyl groups excluding tert-OH is 1. The van der Waals surface area contributed by atoms with Gasteiger partial charge in [0.15, 0.2) is 11.9 Å². The predicted octanol–water partition coefficient (Wildman–Crippen LogP) is 5.46. The third kappa shape index (κ3) is 4.40. The quantitative estimate of drug-likeness (QED) is 0.168. The molecule has 11 nitrogen and oxygen atoms in total. The number of aliphatic hydroxyl groups is 1. The molecule has 1 aromatic rings. The van der Waals surface area contributed by atoms with Crippen LogP contribution in [-0.4, -0.2) is 78.2 Å². The van der Waals surface area contributed by atoms with Crippen molar-refractivity contribution in [3.05, 3.63) is 23.7 Å². The Morgan fingerprint density at radius 1 is 0.907 bits per heavy atom. The minimum absolute atomic E-state index is 0.0477. The van der Waals surface area contributed by atoms with Crippen LogP contribution in [0.25, 0.3) is 0 Å². The van der Waals surface area contributed by atoms with E-state index >= 15 is 4.79 Å². The van der Waals surface area contributed by atoms with Crippen molar-refractivity contribution in [3.63, 3.8) is 0 Å². The normalized spacial score (nSPS) is 45.7. The fourth-order valence-corrected chi connectivity index (χ4v) is 15.1. The number of esters is 2. The number of Topliss-reactive ketones (excluding diaryl/α,β-unsaturated/α-hetero) is 1. The lowest BCUT2D eigenvalue weighted by Gasteiger charge is -2.70. The molecule has 0 unspecified atom stereocenters. The zero-order valence-electron chi connectivity index (χ0n) is 32.4. The maximum atomic E-state index is 15.4. The molecule has 4 aliphatic carbocycles. The van der Waals surface area contributed by atoms with Gasteiger partial charge in [0.25, 0.3) is 0 Å². The largest absolute Gasteiger partial charge is 0.469 e. The molecule has 9 aliphatic rings. The Balaban J connectivity index is 1.04. The van der Waals surface area contributed by atoms with Crippen LogP contribution in [0.1, 0.15) is 135 Å². The number of nitrogens with one attached hydrogen (secondary N) is 2. The molecule has 4 saturated carbocycles. The number of aryl methyl sites for hydroxylation is 1. The predicted molar refractivity (Wildman–Crippen MR) is 195 cm³/mol. The van der Waals surface area contributed by atoms with Gasteiger partial charge in [0.05, 0.1) is 29.3 Å². The average molecular weight is 749 g/mol. The first kappa shape index (κ1) is 36.1. The van der Waals surface area contributed by atoms with Gasteiger partial charge in [-0.05, 0) is 83.1 Å². The van der Waals surface area contributed by atoms with Gasteiger partial charge < -0.3 is 39.1 Å².